The Kier molecular flexibility index (Phi) is 6.91. The SMILES string of the molecule is I.NC(=NCCN1CCOCC1)Nc1ccc2c(c1)CCC2. The second-order valence-electron chi connectivity index (χ2n) is 5.68. The van der Waals surface area contributed by atoms with E-state index in [0.29, 0.717) is 5.96 Å². The molecular weight excluding hydrogens is 391 g/mol. The molecule has 1 aliphatic heterocycles. The number of halogens is 1. The Bertz CT molecular complexity index is 515. The molecule has 0 radical (unpaired) electrons. The van der Waals surface area contributed by atoms with E-state index < -0.39 is 0 Å². The van der Waals surface area contributed by atoms with Gasteiger partial charge in [-0.05, 0) is 42.5 Å². The molecule has 22 heavy (non-hydrogen) atoms. The molecule has 0 aromatic heterocycles. The van der Waals surface area contributed by atoms with Gasteiger partial charge in [-0.3, -0.25) is 9.89 Å². The molecule has 1 fully saturated rings. The number of nitrogens with two attached hydrogens (primary N) is 1. The minimum Gasteiger partial charge on any atom is -0.379 e. The second kappa shape index (κ2) is 8.69. The number of aliphatic imine (C=N–C) groups is 1. The van der Waals surface area contributed by atoms with Crippen LogP contribution in [0.4, 0.5) is 5.69 Å². The van der Waals surface area contributed by atoms with Gasteiger partial charge in [0, 0.05) is 25.3 Å². The largest absolute Gasteiger partial charge is 0.379 e. The zero-order chi connectivity index (χ0) is 14.5. The fourth-order valence-electron chi connectivity index (χ4n) is 2.97. The zero-order valence-corrected chi connectivity index (χ0v) is 15.2. The normalized spacial score (nSPS) is 18.6. The number of rotatable bonds is 4. The Morgan fingerprint density at radius 1 is 1.23 bits per heavy atom. The van der Waals surface area contributed by atoms with Crippen LogP contribution >= 0.6 is 24.0 Å². The predicted octanol–water partition coefficient (Wildman–Crippen LogP) is 1.85. The van der Waals surface area contributed by atoms with E-state index in [1.165, 1.54) is 30.4 Å². The highest BCUT2D eigenvalue weighted by Gasteiger charge is 2.11. The maximum atomic E-state index is 5.96. The fourth-order valence-corrected chi connectivity index (χ4v) is 2.97. The Labute approximate surface area is 149 Å². The van der Waals surface area contributed by atoms with Gasteiger partial charge in [-0.1, -0.05) is 6.07 Å². The van der Waals surface area contributed by atoms with Crippen molar-refractivity contribution in [3.63, 3.8) is 0 Å². The first-order valence-corrected chi connectivity index (χ1v) is 7.80. The Hall–Kier alpha value is -0.860. The van der Waals surface area contributed by atoms with Gasteiger partial charge in [0.2, 0.25) is 0 Å². The first-order valence-electron chi connectivity index (χ1n) is 7.80. The third-order valence-corrected chi connectivity index (χ3v) is 4.17. The van der Waals surface area contributed by atoms with E-state index in [0.717, 1.165) is 45.1 Å². The second-order valence-corrected chi connectivity index (χ2v) is 5.68. The molecule has 1 heterocycles. The summed E-state index contributed by atoms with van der Waals surface area (Å²) in [5.41, 5.74) is 9.93. The van der Waals surface area contributed by atoms with Gasteiger partial charge in [-0.25, -0.2) is 0 Å². The topological polar surface area (TPSA) is 62.9 Å². The average molecular weight is 416 g/mol. The summed E-state index contributed by atoms with van der Waals surface area (Å²) in [6.45, 7) is 5.31. The summed E-state index contributed by atoms with van der Waals surface area (Å²) in [4.78, 5) is 6.76. The third-order valence-electron chi connectivity index (χ3n) is 4.17. The van der Waals surface area contributed by atoms with E-state index in [4.69, 9.17) is 10.5 Å². The van der Waals surface area contributed by atoms with Crippen LogP contribution in [0, 0.1) is 0 Å². The highest BCUT2D eigenvalue weighted by molar-refractivity contribution is 14.0. The van der Waals surface area contributed by atoms with Crippen molar-refractivity contribution in [1.29, 1.82) is 0 Å². The summed E-state index contributed by atoms with van der Waals surface area (Å²) in [5.74, 6) is 0.501. The molecule has 0 amide bonds. The van der Waals surface area contributed by atoms with Crippen LogP contribution in [-0.2, 0) is 17.6 Å². The van der Waals surface area contributed by atoms with Crippen LogP contribution in [0.15, 0.2) is 23.2 Å². The summed E-state index contributed by atoms with van der Waals surface area (Å²) in [5, 5.41) is 3.19. The van der Waals surface area contributed by atoms with Crippen LogP contribution < -0.4 is 11.1 Å². The first-order chi connectivity index (χ1) is 10.3. The lowest BCUT2D eigenvalue weighted by molar-refractivity contribution is 0.0394. The fraction of sp³-hybridized carbons (Fsp3) is 0.562. The number of benzene rings is 1. The van der Waals surface area contributed by atoms with E-state index in [9.17, 15) is 0 Å². The van der Waals surface area contributed by atoms with Crippen molar-refractivity contribution in [2.75, 3.05) is 44.7 Å². The van der Waals surface area contributed by atoms with Crippen LogP contribution in [0.1, 0.15) is 17.5 Å². The summed E-state index contributed by atoms with van der Waals surface area (Å²) in [7, 11) is 0. The van der Waals surface area contributed by atoms with Crippen molar-refractivity contribution in [2.24, 2.45) is 10.7 Å². The molecule has 2 aliphatic rings. The smallest absolute Gasteiger partial charge is 0.193 e. The molecule has 0 spiro atoms. The number of hydrogen-bond acceptors (Lipinski definition) is 3. The van der Waals surface area contributed by atoms with Crippen molar-refractivity contribution < 1.29 is 4.74 Å². The number of anilines is 1. The number of nitrogens with zero attached hydrogens (tertiary/aromatic N) is 2. The molecule has 3 rings (SSSR count). The number of fused-ring (bicyclic) bond motifs is 1. The van der Waals surface area contributed by atoms with Gasteiger partial charge in [0.15, 0.2) is 5.96 Å². The molecule has 0 unspecified atom stereocenters. The van der Waals surface area contributed by atoms with Crippen molar-refractivity contribution in [3.8, 4) is 0 Å². The van der Waals surface area contributed by atoms with Gasteiger partial charge in [0.05, 0.1) is 19.8 Å². The summed E-state index contributed by atoms with van der Waals surface area (Å²) in [6.07, 6.45) is 3.65. The highest BCUT2D eigenvalue weighted by Crippen LogP contribution is 2.24. The predicted molar refractivity (Wildman–Crippen MR) is 101 cm³/mol. The van der Waals surface area contributed by atoms with E-state index >= 15 is 0 Å². The molecule has 1 aromatic carbocycles. The minimum absolute atomic E-state index is 0. The molecule has 0 atom stereocenters. The quantitative estimate of drug-likeness (QED) is 0.447. The van der Waals surface area contributed by atoms with Gasteiger partial charge in [-0.2, -0.15) is 0 Å². The molecule has 1 aliphatic carbocycles. The van der Waals surface area contributed by atoms with Gasteiger partial charge in [0.1, 0.15) is 0 Å². The zero-order valence-electron chi connectivity index (χ0n) is 12.9. The Balaban J connectivity index is 0.00000176. The van der Waals surface area contributed by atoms with Crippen molar-refractivity contribution in [2.45, 2.75) is 19.3 Å². The number of ether oxygens (including phenoxy) is 1. The van der Waals surface area contributed by atoms with Crippen LogP contribution in [-0.4, -0.2) is 50.3 Å². The molecule has 1 saturated heterocycles. The lowest BCUT2D eigenvalue weighted by Crippen LogP contribution is -2.38. The molecular formula is C16H25IN4O. The molecule has 6 heteroatoms. The average Bonchev–Trinajstić information content (AvgIpc) is 2.96. The number of aryl methyl sites for hydroxylation is 2. The van der Waals surface area contributed by atoms with Crippen molar-refractivity contribution in [3.05, 3.63) is 29.3 Å². The maximum absolute atomic E-state index is 5.96. The highest BCUT2D eigenvalue weighted by atomic mass is 127. The Morgan fingerprint density at radius 2 is 2.00 bits per heavy atom. The third kappa shape index (κ3) is 4.82. The van der Waals surface area contributed by atoms with Crippen molar-refractivity contribution >= 4 is 35.6 Å². The minimum atomic E-state index is 0. The molecule has 0 bridgehead atoms. The standard InChI is InChI=1S/C16H24N4O.HI/c17-16(18-6-7-20-8-10-21-11-9-20)19-15-5-4-13-2-1-3-14(13)12-15;/h4-5,12H,1-3,6-11H2,(H3,17,18,19);1H. The van der Waals surface area contributed by atoms with Crippen LogP contribution in [0.2, 0.25) is 0 Å². The summed E-state index contributed by atoms with van der Waals surface area (Å²) in [6, 6.07) is 6.49. The van der Waals surface area contributed by atoms with Crippen LogP contribution in [0.3, 0.4) is 0 Å². The molecule has 122 valence electrons. The van der Waals surface area contributed by atoms with Gasteiger partial charge < -0.3 is 15.8 Å². The summed E-state index contributed by atoms with van der Waals surface area (Å²) < 4.78 is 5.33. The maximum Gasteiger partial charge on any atom is 0.193 e. The van der Waals surface area contributed by atoms with Crippen LogP contribution in [0.5, 0.6) is 0 Å². The van der Waals surface area contributed by atoms with E-state index in [1.807, 2.05) is 0 Å². The van der Waals surface area contributed by atoms with Gasteiger partial charge in [-0.15, -0.1) is 24.0 Å². The molecule has 5 nitrogen and oxygen atoms in total. The molecule has 0 saturated carbocycles. The number of hydrogen-bond donors (Lipinski definition) is 2. The molecule has 3 N–H and O–H groups in total. The summed E-state index contributed by atoms with van der Waals surface area (Å²) >= 11 is 0. The number of nitrogens with one attached hydrogen (secondary N) is 1. The lowest BCUT2D eigenvalue weighted by Gasteiger charge is -2.25. The van der Waals surface area contributed by atoms with E-state index in [2.05, 4.69) is 33.4 Å². The van der Waals surface area contributed by atoms with Gasteiger partial charge >= 0.3 is 0 Å². The number of morpholine rings is 1. The monoisotopic (exact) mass is 416 g/mol. The van der Waals surface area contributed by atoms with Crippen LogP contribution in [0.25, 0.3) is 0 Å². The van der Waals surface area contributed by atoms with Gasteiger partial charge in [0.25, 0.3) is 0 Å². The van der Waals surface area contributed by atoms with Crippen molar-refractivity contribution in [1.82, 2.24) is 4.90 Å². The van der Waals surface area contributed by atoms with E-state index in [-0.39, 0.29) is 24.0 Å². The molecule has 1 aromatic rings. The van der Waals surface area contributed by atoms with E-state index in [1.54, 1.807) is 0 Å². The lowest BCUT2D eigenvalue weighted by atomic mass is 10.1. The Morgan fingerprint density at radius 3 is 2.82 bits per heavy atom. The first kappa shape index (κ1) is 17.5. The number of guanidine groups is 1.